The number of hydrogen-bond donors (Lipinski definition) is 1. The molecule has 0 saturated carbocycles. The minimum Gasteiger partial charge on any atom is -0.502 e. The van der Waals surface area contributed by atoms with Crippen LogP contribution in [0.1, 0.15) is 23.6 Å². The SMILES string of the molecule is CCc1ccc(-c2csc(=NCc3ccccc3)n2/N=C/c2cc(OC)c(O)c(OC)c2)cc1. The van der Waals surface area contributed by atoms with Gasteiger partial charge in [-0.1, -0.05) is 61.5 Å². The molecule has 4 aromatic rings. The van der Waals surface area contributed by atoms with Crippen LogP contribution in [0.4, 0.5) is 0 Å². The van der Waals surface area contributed by atoms with Gasteiger partial charge in [-0.2, -0.15) is 5.10 Å². The predicted octanol–water partition coefficient (Wildman–Crippen LogP) is 5.48. The Labute approximate surface area is 203 Å². The predicted molar refractivity (Wildman–Crippen MR) is 137 cm³/mol. The summed E-state index contributed by atoms with van der Waals surface area (Å²) in [6.07, 6.45) is 2.70. The van der Waals surface area contributed by atoms with Crippen molar-refractivity contribution in [2.75, 3.05) is 14.2 Å². The highest BCUT2D eigenvalue weighted by molar-refractivity contribution is 7.07. The lowest BCUT2D eigenvalue weighted by Gasteiger charge is -2.09. The molecule has 1 aromatic heterocycles. The van der Waals surface area contributed by atoms with E-state index in [1.165, 1.54) is 19.8 Å². The molecule has 0 amide bonds. The molecule has 0 unspecified atom stereocenters. The standard InChI is InChI=1S/C27H27N3O3S/c1-4-19-10-12-22(13-11-19)23-18-34-27(28-16-20-8-6-5-7-9-20)30(23)29-17-21-14-24(32-2)26(31)25(15-21)33-3/h5-15,17-18,31H,4,16H2,1-3H3/b28-27?,29-17+. The zero-order chi connectivity index (χ0) is 23.9. The van der Waals surface area contributed by atoms with Gasteiger partial charge in [0.15, 0.2) is 11.5 Å². The van der Waals surface area contributed by atoms with E-state index in [-0.39, 0.29) is 5.75 Å². The molecule has 0 aliphatic heterocycles. The Morgan fingerprint density at radius 3 is 2.24 bits per heavy atom. The molecule has 4 rings (SSSR count). The summed E-state index contributed by atoms with van der Waals surface area (Å²) in [7, 11) is 3.00. The quantitative estimate of drug-likeness (QED) is 0.344. The van der Waals surface area contributed by atoms with E-state index in [1.807, 2.05) is 22.9 Å². The van der Waals surface area contributed by atoms with Gasteiger partial charge in [0.05, 0.1) is 32.7 Å². The minimum absolute atomic E-state index is 0.0411. The average molecular weight is 474 g/mol. The van der Waals surface area contributed by atoms with Crippen molar-refractivity contribution in [3.63, 3.8) is 0 Å². The largest absolute Gasteiger partial charge is 0.502 e. The summed E-state index contributed by atoms with van der Waals surface area (Å²) < 4.78 is 12.4. The summed E-state index contributed by atoms with van der Waals surface area (Å²) in [6.45, 7) is 2.71. The maximum Gasteiger partial charge on any atom is 0.206 e. The molecular weight excluding hydrogens is 446 g/mol. The zero-order valence-corrected chi connectivity index (χ0v) is 20.2. The molecular formula is C27H27N3O3S. The fourth-order valence-corrected chi connectivity index (χ4v) is 4.32. The number of hydrogen-bond acceptors (Lipinski definition) is 6. The molecule has 0 aliphatic carbocycles. The lowest BCUT2D eigenvalue weighted by Crippen LogP contribution is -2.12. The van der Waals surface area contributed by atoms with Crippen LogP contribution < -0.4 is 14.3 Å². The van der Waals surface area contributed by atoms with E-state index in [1.54, 1.807) is 29.7 Å². The first kappa shape index (κ1) is 23.3. The molecule has 0 bridgehead atoms. The number of thiazole rings is 1. The molecule has 1 N–H and O–H groups in total. The smallest absolute Gasteiger partial charge is 0.206 e. The van der Waals surface area contributed by atoms with Crippen molar-refractivity contribution in [3.8, 4) is 28.5 Å². The second kappa shape index (κ2) is 10.9. The number of phenols is 1. The van der Waals surface area contributed by atoms with Gasteiger partial charge in [-0.05, 0) is 29.7 Å². The Balaban J connectivity index is 1.77. The Morgan fingerprint density at radius 1 is 0.941 bits per heavy atom. The maximum atomic E-state index is 10.2. The Hall–Kier alpha value is -3.84. The number of aromatic nitrogens is 1. The Bertz CT molecular complexity index is 1310. The van der Waals surface area contributed by atoms with Crippen LogP contribution in [0.25, 0.3) is 11.3 Å². The third kappa shape index (κ3) is 5.21. The number of aromatic hydroxyl groups is 1. The normalized spacial score (nSPS) is 11.8. The van der Waals surface area contributed by atoms with Crippen molar-refractivity contribution in [2.45, 2.75) is 19.9 Å². The maximum absolute atomic E-state index is 10.2. The number of phenolic OH excluding ortho intramolecular Hbond substituents is 1. The monoisotopic (exact) mass is 473 g/mol. The topological polar surface area (TPSA) is 68.3 Å². The van der Waals surface area contributed by atoms with E-state index in [0.29, 0.717) is 18.0 Å². The first-order valence-corrected chi connectivity index (χ1v) is 11.8. The van der Waals surface area contributed by atoms with Crippen LogP contribution in [0.15, 0.2) is 82.2 Å². The molecule has 174 valence electrons. The fraction of sp³-hybridized carbons (Fsp3) is 0.185. The number of methoxy groups -OCH3 is 2. The van der Waals surface area contributed by atoms with Crippen LogP contribution in [-0.2, 0) is 13.0 Å². The highest BCUT2D eigenvalue weighted by Gasteiger charge is 2.11. The lowest BCUT2D eigenvalue weighted by atomic mass is 10.1. The summed E-state index contributed by atoms with van der Waals surface area (Å²) in [6, 6.07) is 22.1. The van der Waals surface area contributed by atoms with Crippen LogP contribution >= 0.6 is 11.3 Å². The Kier molecular flexibility index (Phi) is 7.44. The van der Waals surface area contributed by atoms with Crippen molar-refractivity contribution >= 4 is 17.6 Å². The first-order valence-electron chi connectivity index (χ1n) is 11.0. The van der Waals surface area contributed by atoms with Gasteiger partial charge in [0.2, 0.25) is 10.6 Å². The summed E-state index contributed by atoms with van der Waals surface area (Å²) in [5.74, 6) is 0.599. The van der Waals surface area contributed by atoms with Crippen molar-refractivity contribution in [2.24, 2.45) is 10.1 Å². The van der Waals surface area contributed by atoms with Gasteiger partial charge in [0.1, 0.15) is 0 Å². The van der Waals surface area contributed by atoms with Crippen LogP contribution in [-0.4, -0.2) is 30.2 Å². The van der Waals surface area contributed by atoms with Crippen molar-refractivity contribution < 1.29 is 14.6 Å². The van der Waals surface area contributed by atoms with Gasteiger partial charge in [0, 0.05) is 16.5 Å². The third-order valence-corrected chi connectivity index (χ3v) is 6.26. The van der Waals surface area contributed by atoms with Crippen LogP contribution in [0.3, 0.4) is 0 Å². The van der Waals surface area contributed by atoms with Gasteiger partial charge < -0.3 is 14.6 Å². The number of nitrogens with zero attached hydrogens (tertiary/aromatic N) is 3. The molecule has 6 nitrogen and oxygen atoms in total. The van der Waals surface area contributed by atoms with Crippen molar-refractivity contribution in [1.82, 2.24) is 4.68 Å². The molecule has 0 spiro atoms. The summed E-state index contributed by atoms with van der Waals surface area (Å²) in [4.78, 5) is 5.61. The third-order valence-electron chi connectivity index (χ3n) is 5.41. The molecule has 3 aromatic carbocycles. The number of aryl methyl sites for hydroxylation is 1. The fourth-order valence-electron chi connectivity index (χ4n) is 3.48. The Morgan fingerprint density at radius 2 is 1.62 bits per heavy atom. The molecule has 0 aliphatic rings. The van der Waals surface area contributed by atoms with Crippen LogP contribution in [0, 0.1) is 0 Å². The summed E-state index contributed by atoms with van der Waals surface area (Å²) in [5.41, 5.74) is 5.16. The van der Waals surface area contributed by atoms with Crippen molar-refractivity contribution in [1.29, 1.82) is 0 Å². The van der Waals surface area contributed by atoms with Gasteiger partial charge in [-0.25, -0.2) is 4.68 Å². The molecule has 7 heteroatoms. The van der Waals surface area contributed by atoms with Gasteiger partial charge in [-0.15, -0.1) is 11.3 Å². The number of rotatable bonds is 8. The van der Waals surface area contributed by atoms with E-state index < -0.39 is 0 Å². The van der Waals surface area contributed by atoms with E-state index in [9.17, 15) is 5.11 Å². The molecule has 0 radical (unpaired) electrons. The molecule has 0 saturated heterocycles. The minimum atomic E-state index is -0.0411. The first-order chi connectivity index (χ1) is 16.6. The van der Waals surface area contributed by atoms with Gasteiger partial charge in [0.25, 0.3) is 0 Å². The highest BCUT2D eigenvalue weighted by atomic mass is 32.1. The average Bonchev–Trinajstić information content (AvgIpc) is 3.30. The van der Waals surface area contributed by atoms with Crippen molar-refractivity contribution in [3.05, 3.63) is 93.6 Å². The lowest BCUT2D eigenvalue weighted by molar-refractivity contribution is 0.340. The zero-order valence-electron chi connectivity index (χ0n) is 19.4. The molecule has 1 heterocycles. The van der Waals surface area contributed by atoms with Gasteiger partial charge in [-0.3, -0.25) is 4.99 Å². The number of benzene rings is 3. The van der Waals surface area contributed by atoms with Crippen LogP contribution in [0.5, 0.6) is 17.2 Å². The second-order valence-electron chi connectivity index (χ2n) is 7.59. The molecule has 34 heavy (non-hydrogen) atoms. The van der Waals surface area contributed by atoms with E-state index in [0.717, 1.165) is 33.6 Å². The highest BCUT2D eigenvalue weighted by Crippen LogP contribution is 2.36. The van der Waals surface area contributed by atoms with Gasteiger partial charge >= 0.3 is 0 Å². The second-order valence-corrected chi connectivity index (χ2v) is 8.42. The molecule has 0 fully saturated rings. The summed E-state index contributed by atoms with van der Waals surface area (Å²) in [5, 5.41) is 17.0. The van der Waals surface area contributed by atoms with E-state index in [2.05, 4.69) is 48.7 Å². The summed E-state index contributed by atoms with van der Waals surface area (Å²) >= 11 is 1.55. The number of ether oxygens (including phenoxy) is 2. The van der Waals surface area contributed by atoms with Crippen LogP contribution in [0.2, 0.25) is 0 Å². The van der Waals surface area contributed by atoms with E-state index in [4.69, 9.17) is 19.6 Å². The van der Waals surface area contributed by atoms with E-state index >= 15 is 0 Å². The molecule has 0 atom stereocenters.